The van der Waals surface area contributed by atoms with E-state index in [2.05, 4.69) is 185 Å². The lowest BCUT2D eigenvalue weighted by Gasteiger charge is -2.17. The molecule has 5 heteroatoms. The minimum absolute atomic E-state index is 0.261. The van der Waals surface area contributed by atoms with E-state index in [9.17, 15) is 0 Å². The maximum atomic E-state index is 5.12. The van der Waals surface area contributed by atoms with Crippen LogP contribution in [0.3, 0.4) is 0 Å². The predicted molar refractivity (Wildman–Crippen MR) is 230 cm³/mol. The highest BCUT2D eigenvalue weighted by atomic mass is 15.0. The van der Waals surface area contributed by atoms with Gasteiger partial charge in [-0.2, -0.15) is 0 Å². The van der Waals surface area contributed by atoms with Crippen LogP contribution in [0.2, 0.25) is 0 Å². The van der Waals surface area contributed by atoms with Crippen LogP contribution in [-0.4, -0.2) is 24.1 Å². The van der Waals surface area contributed by atoms with Gasteiger partial charge in [-0.15, -0.1) is 0 Å². The maximum absolute atomic E-state index is 5.12. The number of hydrogen-bond acceptors (Lipinski definition) is 3. The standard InChI is InChI=1S/C51H35N5/c1-4-15-34(16-5-1)37-19-14-20-38(31-37)51-53-49(35-17-6-2-7-18-35)52-50(54-51)36-27-29-40(30-28-36)56-46-26-13-11-24-42(46)44-32-43-41-23-10-12-25-45(41)55(47(43)33-48(44)56)39-21-8-3-9-22-39/h1-18,20-33,37H,19H2. The second kappa shape index (κ2) is 13.2. The zero-order chi connectivity index (χ0) is 37.0. The van der Waals surface area contributed by atoms with Gasteiger partial charge in [-0.1, -0.05) is 133 Å². The van der Waals surface area contributed by atoms with Gasteiger partial charge in [0.05, 0.1) is 22.1 Å². The van der Waals surface area contributed by atoms with Crippen molar-refractivity contribution >= 4 is 49.2 Å². The van der Waals surface area contributed by atoms with Crippen LogP contribution in [0.1, 0.15) is 23.7 Å². The largest absolute Gasteiger partial charge is 0.309 e. The Balaban J connectivity index is 1.06. The Labute approximate surface area is 324 Å². The Kier molecular flexibility index (Phi) is 7.56. The van der Waals surface area contributed by atoms with Crippen molar-refractivity contribution in [3.63, 3.8) is 0 Å². The molecule has 0 N–H and O–H groups in total. The van der Waals surface area contributed by atoms with E-state index in [1.807, 2.05) is 18.2 Å². The average Bonchev–Trinajstić information content (AvgIpc) is 3.78. The van der Waals surface area contributed by atoms with Gasteiger partial charge in [0.1, 0.15) is 0 Å². The molecule has 11 rings (SSSR count). The molecule has 264 valence electrons. The predicted octanol–water partition coefficient (Wildman–Crippen LogP) is 12.5. The third-order valence-corrected chi connectivity index (χ3v) is 11.1. The van der Waals surface area contributed by atoms with E-state index < -0.39 is 0 Å². The van der Waals surface area contributed by atoms with Crippen LogP contribution in [0, 0.1) is 0 Å². The molecule has 1 atom stereocenters. The molecule has 3 aromatic heterocycles. The fraction of sp³-hybridized carbons (Fsp3) is 0.0392. The Bertz CT molecular complexity index is 3140. The third kappa shape index (κ3) is 5.36. The minimum atomic E-state index is 0.261. The lowest BCUT2D eigenvalue weighted by Crippen LogP contribution is -2.05. The van der Waals surface area contributed by atoms with Crippen LogP contribution in [0.25, 0.3) is 83.3 Å². The quantitative estimate of drug-likeness (QED) is 0.172. The van der Waals surface area contributed by atoms with Crippen LogP contribution in [0.4, 0.5) is 0 Å². The monoisotopic (exact) mass is 717 g/mol. The first-order valence-electron chi connectivity index (χ1n) is 19.1. The number of allylic oxidation sites excluding steroid dienone is 4. The van der Waals surface area contributed by atoms with Crippen molar-refractivity contribution in [1.29, 1.82) is 0 Å². The molecule has 3 heterocycles. The zero-order valence-corrected chi connectivity index (χ0v) is 30.5. The molecular formula is C51H35N5. The molecule has 1 unspecified atom stereocenters. The van der Waals surface area contributed by atoms with E-state index in [1.54, 1.807) is 0 Å². The van der Waals surface area contributed by atoms with Gasteiger partial charge in [0, 0.05) is 55.5 Å². The van der Waals surface area contributed by atoms with E-state index in [4.69, 9.17) is 15.0 Å². The number of fused-ring (bicyclic) bond motifs is 6. The first-order valence-corrected chi connectivity index (χ1v) is 19.1. The molecule has 7 aromatic carbocycles. The molecule has 1 aliphatic rings. The highest BCUT2D eigenvalue weighted by Gasteiger charge is 2.20. The summed E-state index contributed by atoms with van der Waals surface area (Å²) in [6, 6.07) is 62.3. The first-order chi connectivity index (χ1) is 27.8. The van der Waals surface area contributed by atoms with Crippen molar-refractivity contribution in [3.05, 3.63) is 206 Å². The van der Waals surface area contributed by atoms with Crippen LogP contribution >= 0.6 is 0 Å². The molecule has 0 aliphatic heterocycles. The molecule has 0 radical (unpaired) electrons. The van der Waals surface area contributed by atoms with Crippen molar-refractivity contribution in [2.75, 3.05) is 0 Å². The first kappa shape index (κ1) is 32.1. The molecule has 0 saturated heterocycles. The molecule has 56 heavy (non-hydrogen) atoms. The normalized spacial score (nSPS) is 14.2. The third-order valence-electron chi connectivity index (χ3n) is 11.1. The van der Waals surface area contributed by atoms with Gasteiger partial charge in [-0.25, -0.2) is 15.0 Å². The molecule has 0 bridgehead atoms. The van der Waals surface area contributed by atoms with Crippen molar-refractivity contribution in [1.82, 2.24) is 24.1 Å². The summed E-state index contributed by atoms with van der Waals surface area (Å²) in [7, 11) is 0. The number of hydrogen-bond donors (Lipinski definition) is 0. The summed E-state index contributed by atoms with van der Waals surface area (Å²) in [5.41, 5.74) is 11.1. The average molecular weight is 718 g/mol. The molecular weight excluding hydrogens is 683 g/mol. The van der Waals surface area contributed by atoms with Gasteiger partial charge < -0.3 is 9.13 Å². The molecule has 10 aromatic rings. The Morgan fingerprint density at radius 3 is 1.54 bits per heavy atom. The van der Waals surface area contributed by atoms with Gasteiger partial charge in [-0.3, -0.25) is 0 Å². The smallest absolute Gasteiger partial charge is 0.164 e. The number of benzene rings is 7. The summed E-state index contributed by atoms with van der Waals surface area (Å²) in [5.74, 6) is 2.24. The number of rotatable bonds is 6. The minimum Gasteiger partial charge on any atom is -0.309 e. The summed E-state index contributed by atoms with van der Waals surface area (Å²) >= 11 is 0. The second-order valence-electron chi connectivity index (χ2n) is 14.4. The maximum Gasteiger partial charge on any atom is 0.164 e. The van der Waals surface area contributed by atoms with Crippen molar-refractivity contribution < 1.29 is 0 Å². The summed E-state index contributed by atoms with van der Waals surface area (Å²) < 4.78 is 4.77. The number of nitrogens with zero attached hydrogens (tertiary/aromatic N) is 5. The van der Waals surface area contributed by atoms with Crippen molar-refractivity contribution in [3.8, 4) is 34.2 Å². The molecule has 5 nitrogen and oxygen atoms in total. The molecule has 0 fully saturated rings. The lowest BCUT2D eigenvalue weighted by atomic mass is 9.89. The fourth-order valence-electron chi connectivity index (χ4n) is 8.44. The molecule has 1 aliphatic carbocycles. The van der Waals surface area contributed by atoms with Gasteiger partial charge in [0.15, 0.2) is 17.5 Å². The van der Waals surface area contributed by atoms with E-state index in [0.717, 1.165) is 45.5 Å². The van der Waals surface area contributed by atoms with Crippen LogP contribution in [-0.2, 0) is 0 Å². The molecule has 0 amide bonds. The van der Waals surface area contributed by atoms with Gasteiger partial charge in [0.25, 0.3) is 0 Å². The van der Waals surface area contributed by atoms with E-state index in [-0.39, 0.29) is 5.92 Å². The second-order valence-corrected chi connectivity index (χ2v) is 14.4. The zero-order valence-electron chi connectivity index (χ0n) is 30.5. The number of aromatic nitrogens is 5. The SMILES string of the molecule is C1=CC(c2nc(-c3ccccc3)nc(-c3ccc(-n4c5ccccc5c5cc6c7ccccc7n(-c7ccccc7)c6cc54)cc3)n2)=CC(c2ccccc2)C1. The van der Waals surface area contributed by atoms with E-state index in [1.165, 1.54) is 38.1 Å². The highest BCUT2D eigenvalue weighted by Crippen LogP contribution is 2.40. The topological polar surface area (TPSA) is 48.5 Å². The summed E-state index contributed by atoms with van der Waals surface area (Å²) in [5, 5.41) is 4.94. The van der Waals surface area contributed by atoms with Gasteiger partial charge in [-0.05, 0) is 72.6 Å². The van der Waals surface area contributed by atoms with Crippen molar-refractivity contribution in [2.45, 2.75) is 12.3 Å². The highest BCUT2D eigenvalue weighted by molar-refractivity contribution is 6.19. The van der Waals surface area contributed by atoms with Crippen LogP contribution in [0.15, 0.2) is 194 Å². The molecule has 0 spiro atoms. The van der Waals surface area contributed by atoms with Crippen molar-refractivity contribution in [2.24, 2.45) is 0 Å². The fourth-order valence-corrected chi connectivity index (χ4v) is 8.44. The Hall–Kier alpha value is -7.37. The Morgan fingerprint density at radius 1 is 0.411 bits per heavy atom. The number of para-hydroxylation sites is 3. The van der Waals surface area contributed by atoms with Gasteiger partial charge >= 0.3 is 0 Å². The molecule has 0 saturated carbocycles. The van der Waals surface area contributed by atoms with Crippen LogP contribution in [0.5, 0.6) is 0 Å². The summed E-state index contributed by atoms with van der Waals surface area (Å²) in [6.07, 6.45) is 7.61. The lowest BCUT2D eigenvalue weighted by molar-refractivity contribution is 0.854. The van der Waals surface area contributed by atoms with E-state index in [0.29, 0.717) is 17.5 Å². The van der Waals surface area contributed by atoms with E-state index >= 15 is 0 Å². The van der Waals surface area contributed by atoms with Gasteiger partial charge in [0.2, 0.25) is 0 Å². The Morgan fingerprint density at radius 2 is 0.911 bits per heavy atom. The van der Waals surface area contributed by atoms with Crippen LogP contribution < -0.4 is 0 Å². The summed E-state index contributed by atoms with van der Waals surface area (Å²) in [4.78, 5) is 15.2. The summed E-state index contributed by atoms with van der Waals surface area (Å²) in [6.45, 7) is 0.